The number of methoxy groups -OCH3 is 1. The van der Waals surface area contributed by atoms with Crippen LogP contribution in [0.5, 0.6) is 0 Å². The number of nitrogens with zero attached hydrogens (tertiary/aromatic N) is 1. The van der Waals surface area contributed by atoms with Gasteiger partial charge in [-0.1, -0.05) is 11.6 Å². The van der Waals surface area contributed by atoms with Gasteiger partial charge in [0.2, 0.25) is 0 Å². The van der Waals surface area contributed by atoms with Crippen molar-refractivity contribution in [2.24, 2.45) is 0 Å². The molecule has 0 fully saturated rings. The third-order valence-electron chi connectivity index (χ3n) is 3.00. The van der Waals surface area contributed by atoms with E-state index in [4.69, 9.17) is 21.4 Å². The maximum Gasteiger partial charge on any atom is 0.335 e. The molecule has 110 valence electrons. The van der Waals surface area contributed by atoms with Gasteiger partial charge < -0.3 is 15.2 Å². The summed E-state index contributed by atoms with van der Waals surface area (Å²) in [7, 11) is 1.59. The van der Waals surface area contributed by atoms with Gasteiger partial charge in [0.05, 0.1) is 16.3 Å². The van der Waals surface area contributed by atoms with Crippen molar-refractivity contribution in [2.75, 3.05) is 19.0 Å². The van der Waals surface area contributed by atoms with E-state index in [-0.39, 0.29) is 11.7 Å². The van der Waals surface area contributed by atoms with Crippen molar-refractivity contribution in [3.63, 3.8) is 0 Å². The van der Waals surface area contributed by atoms with Gasteiger partial charge in [-0.15, -0.1) is 0 Å². The number of anilines is 1. The highest BCUT2D eigenvalue weighted by Gasteiger charge is 2.15. The molecule has 2 aromatic rings. The molecule has 1 aromatic heterocycles. The molecule has 1 unspecified atom stereocenters. The van der Waals surface area contributed by atoms with E-state index in [1.807, 2.05) is 0 Å². The van der Waals surface area contributed by atoms with Crippen LogP contribution in [0.1, 0.15) is 22.2 Å². The van der Waals surface area contributed by atoms with Gasteiger partial charge in [0, 0.05) is 25.5 Å². The van der Waals surface area contributed by atoms with Crippen LogP contribution in [0, 0.1) is 0 Å². The first-order valence-electron chi connectivity index (χ1n) is 6.32. The largest absolute Gasteiger partial charge is 0.478 e. The van der Waals surface area contributed by atoms with E-state index in [1.54, 1.807) is 49.7 Å². The Hall–Kier alpha value is -2.11. The Bertz CT molecular complexity index is 617. The number of halogens is 1. The molecule has 1 atom stereocenters. The van der Waals surface area contributed by atoms with E-state index in [2.05, 4.69) is 10.3 Å². The number of carboxylic acid groups (broad SMARTS) is 1. The monoisotopic (exact) mass is 306 g/mol. The Balaban J connectivity index is 2.03. The van der Waals surface area contributed by atoms with Gasteiger partial charge in [0.25, 0.3) is 0 Å². The van der Waals surface area contributed by atoms with E-state index in [1.165, 1.54) is 0 Å². The second-order valence-electron chi connectivity index (χ2n) is 4.36. The maximum absolute atomic E-state index is 10.8. The standard InChI is InChI=1S/C15H15ClN2O3/c1-21-13(14-12(16)3-2-8-17-14)9-18-11-6-4-10(5-7-11)15(19)20/h2-8,13,18H,9H2,1H3,(H,19,20). The number of ether oxygens (including phenoxy) is 1. The van der Waals surface area contributed by atoms with Gasteiger partial charge >= 0.3 is 5.97 Å². The molecule has 1 heterocycles. The number of aromatic nitrogens is 1. The molecular weight excluding hydrogens is 292 g/mol. The Labute approximate surface area is 127 Å². The molecule has 0 radical (unpaired) electrons. The molecule has 0 aliphatic heterocycles. The van der Waals surface area contributed by atoms with E-state index in [0.29, 0.717) is 17.3 Å². The molecule has 1 aromatic carbocycles. The molecule has 0 saturated carbocycles. The van der Waals surface area contributed by atoms with Gasteiger partial charge in [-0.05, 0) is 36.4 Å². The lowest BCUT2D eigenvalue weighted by Gasteiger charge is -2.17. The van der Waals surface area contributed by atoms with Crippen molar-refractivity contribution in [1.29, 1.82) is 0 Å². The van der Waals surface area contributed by atoms with Crippen molar-refractivity contribution in [3.05, 3.63) is 58.9 Å². The van der Waals surface area contributed by atoms with Crippen LogP contribution in [0.3, 0.4) is 0 Å². The first kappa shape index (κ1) is 15.3. The summed E-state index contributed by atoms with van der Waals surface area (Å²) in [5.74, 6) is -0.948. The lowest BCUT2D eigenvalue weighted by molar-refractivity contribution is 0.0697. The lowest BCUT2D eigenvalue weighted by Crippen LogP contribution is -2.16. The molecule has 0 saturated heterocycles. The molecular formula is C15H15ClN2O3. The van der Waals surface area contributed by atoms with Gasteiger partial charge in [0.15, 0.2) is 0 Å². The molecule has 0 spiro atoms. The summed E-state index contributed by atoms with van der Waals surface area (Å²) in [6, 6.07) is 10.0. The van der Waals surface area contributed by atoms with Crippen LogP contribution in [0.25, 0.3) is 0 Å². The number of nitrogens with one attached hydrogen (secondary N) is 1. The van der Waals surface area contributed by atoms with E-state index in [9.17, 15) is 4.79 Å². The minimum atomic E-state index is -0.948. The lowest BCUT2D eigenvalue weighted by atomic mass is 10.2. The van der Waals surface area contributed by atoms with Crippen molar-refractivity contribution in [3.8, 4) is 0 Å². The van der Waals surface area contributed by atoms with Gasteiger partial charge in [-0.2, -0.15) is 0 Å². The number of aromatic carboxylic acids is 1. The summed E-state index contributed by atoms with van der Waals surface area (Å²) in [4.78, 5) is 15.0. The van der Waals surface area contributed by atoms with Crippen molar-refractivity contribution < 1.29 is 14.6 Å². The van der Waals surface area contributed by atoms with Crippen LogP contribution >= 0.6 is 11.6 Å². The fourth-order valence-electron chi connectivity index (χ4n) is 1.87. The van der Waals surface area contributed by atoms with Crippen LogP contribution in [0.4, 0.5) is 5.69 Å². The smallest absolute Gasteiger partial charge is 0.335 e. The Morgan fingerprint density at radius 2 is 2.10 bits per heavy atom. The first-order chi connectivity index (χ1) is 10.1. The summed E-state index contributed by atoms with van der Waals surface area (Å²) in [5, 5.41) is 12.6. The maximum atomic E-state index is 10.8. The molecule has 2 rings (SSSR count). The number of hydrogen-bond acceptors (Lipinski definition) is 4. The molecule has 5 nitrogen and oxygen atoms in total. The summed E-state index contributed by atoms with van der Waals surface area (Å²) in [6.07, 6.45) is 1.37. The highest BCUT2D eigenvalue weighted by Crippen LogP contribution is 2.23. The zero-order chi connectivity index (χ0) is 15.2. The molecule has 6 heteroatoms. The second kappa shape index (κ2) is 7.06. The average Bonchev–Trinajstić information content (AvgIpc) is 2.50. The first-order valence-corrected chi connectivity index (χ1v) is 6.70. The van der Waals surface area contributed by atoms with E-state index >= 15 is 0 Å². The number of carboxylic acids is 1. The topological polar surface area (TPSA) is 71.5 Å². The van der Waals surface area contributed by atoms with Gasteiger partial charge in [-0.25, -0.2) is 4.79 Å². The number of benzene rings is 1. The average molecular weight is 307 g/mol. The number of hydrogen-bond donors (Lipinski definition) is 2. The van der Waals surface area contributed by atoms with Gasteiger partial charge in [-0.3, -0.25) is 4.98 Å². The van der Waals surface area contributed by atoms with Crippen LogP contribution in [-0.4, -0.2) is 29.7 Å². The highest BCUT2D eigenvalue weighted by molar-refractivity contribution is 6.31. The Morgan fingerprint density at radius 1 is 1.38 bits per heavy atom. The number of carbonyl (C=O) groups is 1. The fourth-order valence-corrected chi connectivity index (χ4v) is 2.11. The predicted molar refractivity (Wildman–Crippen MR) is 80.9 cm³/mol. The number of pyridine rings is 1. The quantitative estimate of drug-likeness (QED) is 0.857. The third kappa shape index (κ3) is 3.93. The van der Waals surface area contributed by atoms with Crippen molar-refractivity contribution in [1.82, 2.24) is 4.98 Å². The SMILES string of the molecule is COC(CNc1ccc(C(=O)O)cc1)c1ncccc1Cl. The second-order valence-corrected chi connectivity index (χ2v) is 4.77. The van der Waals surface area contributed by atoms with Crippen LogP contribution in [0.2, 0.25) is 5.02 Å². The van der Waals surface area contributed by atoms with Gasteiger partial charge in [0.1, 0.15) is 6.10 Å². The van der Waals surface area contributed by atoms with Crippen LogP contribution in [-0.2, 0) is 4.74 Å². The summed E-state index contributed by atoms with van der Waals surface area (Å²) >= 11 is 6.10. The van der Waals surface area contributed by atoms with Crippen molar-refractivity contribution >= 4 is 23.3 Å². The molecule has 0 aliphatic carbocycles. The predicted octanol–water partition coefficient (Wildman–Crippen LogP) is 3.23. The molecule has 0 bridgehead atoms. The minimum absolute atomic E-state index is 0.247. The van der Waals surface area contributed by atoms with Crippen LogP contribution in [0.15, 0.2) is 42.6 Å². The Morgan fingerprint density at radius 3 is 2.67 bits per heavy atom. The molecule has 0 aliphatic rings. The third-order valence-corrected chi connectivity index (χ3v) is 3.32. The van der Waals surface area contributed by atoms with Crippen molar-refractivity contribution in [2.45, 2.75) is 6.10 Å². The molecule has 0 amide bonds. The summed E-state index contributed by atoms with van der Waals surface area (Å²) < 4.78 is 5.40. The summed E-state index contributed by atoms with van der Waals surface area (Å²) in [6.45, 7) is 0.472. The molecule has 21 heavy (non-hydrogen) atoms. The number of rotatable bonds is 6. The van der Waals surface area contributed by atoms with Crippen LogP contribution < -0.4 is 5.32 Å². The highest BCUT2D eigenvalue weighted by atomic mass is 35.5. The normalized spacial score (nSPS) is 11.9. The molecule has 2 N–H and O–H groups in total. The summed E-state index contributed by atoms with van der Waals surface area (Å²) in [5.41, 5.74) is 1.71. The van der Waals surface area contributed by atoms with E-state index < -0.39 is 5.97 Å². The fraction of sp³-hybridized carbons (Fsp3) is 0.200. The Kier molecular flexibility index (Phi) is 5.14. The minimum Gasteiger partial charge on any atom is -0.478 e. The van der Waals surface area contributed by atoms with E-state index in [0.717, 1.165) is 5.69 Å². The zero-order valence-electron chi connectivity index (χ0n) is 11.4. The zero-order valence-corrected chi connectivity index (χ0v) is 12.2.